The molecule has 0 saturated heterocycles. The van der Waals surface area contributed by atoms with Gasteiger partial charge in [-0.1, -0.05) is 18.2 Å². The van der Waals surface area contributed by atoms with Gasteiger partial charge in [0.1, 0.15) is 0 Å². The molecule has 5 heteroatoms. The van der Waals surface area contributed by atoms with Crippen LogP contribution in [0.25, 0.3) is 5.69 Å². The molecule has 2 rings (SSSR count). The summed E-state index contributed by atoms with van der Waals surface area (Å²) in [4.78, 5) is 12.2. The van der Waals surface area contributed by atoms with Crippen molar-refractivity contribution in [3.05, 3.63) is 51.0 Å². The lowest BCUT2D eigenvalue weighted by atomic mass is 10.3. The molecular weight excluding hydrogens is 248 g/mol. The smallest absolute Gasteiger partial charge is 0.265 e. The van der Waals surface area contributed by atoms with Crippen molar-refractivity contribution in [3.63, 3.8) is 0 Å². The highest BCUT2D eigenvalue weighted by Gasteiger charge is 2.13. The number of rotatable bonds is 2. The van der Waals surface area contributed by atoms with Crippen LogP contribution in [0.2, 0.25) is 0 Å². The Morgan fingerprint density at radius 1 is 1.28 bits per heavy atom. The van der Waals surface area contributed by atoms with Crippen LogP contribution in [-0.2, 0) is 6.54 Å². The second-order valence-corrected chi connectivity index (χ2v) is 4.32. The van der Waals surface area contributed by atoms with Gasteiger partial charge in [0.25, 0.3) is 5.56 Å². The zero-order valence-electron chi connectivity index (χ0n) is 10.3. The molecule has 0 saturated carbocycles. The molecule has 0 bridgehead atoms. The van der Waals surface area contributed by atoms with E-state index < -0.39 is 0 Å². The van der Waals surface area contributed by atoms with E-state index in [0.29, 0.717) is 22.6 Å². The number of para-hydroxylation sites is 1. The number of nitrogens with zero attached hydrogens (tertiary/aromatic N) is 2. The van der Waals surface area contributed by atoms with Gasteiger partial charge < -0.3 is 5.11 Å². The predicted molar refractivity (Wildman–Crippen MR) is 72.9 cm³/mol. The maximum atomic E-state index is 12.2. The highest BCUT2D eigenvalue weighted by molar-refractivity contribution is 7.71. The minimum Gasteiger partial charge on any atom is -0.494 e. The maximum Gasteiger partial charge on any atom is 0.265 e. The van der Waals surface area contributed by atoms with E-state index in [-0.39, 0.29) is 11.4 Å². The van der Waals surface area contributed by atoms with E-state index >= 15 is 0 Å². The molecule has 0 unspecified atom stereocenters. The van der Waals surface area contributed by atoms with Gasteiger partial charge in [0.2, 0.25) is 5.88 Å². The van der Waals surface area contributed by atoms with Gasteiger partial charge in [0, 0.05) is 6.54 Å². The van der Waals surface area contributed by atoms with Crippen LogP contribution in [0.5, 0.6) is 5.88 Å². The van der Waals surface area contributed by atoms with Gasteiger partial charge in [0.05, 0.1) is 11.3 Å². The van der Waals surface area contributed by atoms with E-state index in [2.05, 4.69) is 0 Å². The first-order valence-electron chi connectivity index (χ1n) is 5.68. The highest BCUT2D eigenvalue weighted by Crippen LogP contribution is 2.15. The maximum absolute atomic E-state index is 12.2. The fourth-order valence-corrected chi connectivity index (χ4v) is 2.26. The molecule has 1 aromatic carbocycles. The van der Waals surface area contributed by atoms with Gasteiger partial charge in [-0.2, -0.15) is 0 Å². The largest absolute Gasteiger partial charge is 0.494 e. The molecule has 0 fully saturated rings. The Morgan fingerprint density at radius 2 is 1.89 bits per heavy atom. The third-order valence-electron chi connectivity index (χ3n) is 2.87. The van der Waals surface area contributed by atoms with Gasteiger partial charge in [0.15, 0.2) is 4.77 Å². The van der Waals surface area contributed by atoms with Crippen molar-refractivity contribution in [2.45, 2.75) is 20.4 Å². The van der Waals surface area contributed by atoms with E-state index in [1.54, 1.807) is 11.5 Å². The summed E-state index contributed by atoms with van der Waals surface area (Å²) in [5.74, 6) is -0.0559. The van der Waals surface area contributed by atoms with Gasteiger partial charge >= 0.3 is 0 Å². The highest BCUT2D eigenvalue weighted by atomic mass is 32.1. The van der Waals surface area contributed by atoms with Crippen LogP contribution in [0.3, 0.4) is 0 Å². The summed E-state index contributed by atoms with van der Waals surface area (Å²) in [5.41, 5.74) is 0.723. The lowest BCUT2D eigenvalue weighted by Crippen LogP contribution is -2.25. The summed E-state index contributed by atoms with van der Waals surface area (Å²) >= 11 is 5.27. The third-order valence-corrected chi connectivity index (χ3v) is 3.27. The first-order valence-corrected chi connectivity index (χ1v) is 6.09. The van der Waals surface area contributed by atoms with Gasteiger partial charge in [-0.05, 0) is 38.2 Å². The Morgan fingerprint density at radius 3 is 2.44 bits per heavy atom. The van der Waals surface area contributed by atoms with Crippen LogP contribution in [0.1, 0.15) is 12.5 Å². The van der Waals surface area contributed by atoms with Crippen LogP contribution in [-0.4, -0.2) is 14.2 Å². The average molecular weight is 262 g/mol. The quantitative estimate of drug-likeness (QED) is 0.845. The van der Waals surface area contributed by atoms with Crippen molar-refractivity contribution in [3.8, 4) is 11.6 Å². The molecule has 1 N–H and O–H groups in total. The van der Waals surface area contributed by atoms with Crippen LogP contribution in [0, 0.1) is 11.7 Å². The van der Waals surface area contributed by atoms with E-state index in [9.17, 15) is 9.90 Å². The average Bonchev–Trinajstić information content (AvgIpc) is 2.38. The Kier molecular flexibility index (Phi) is 3.34. The number of aromatic hydroxyl groups is 1. The van der Waals surface area contributed by atoms with Crippen molar-refractivity contribution >= 4 is 12.2 Å². The summed E-state index contributed by atoms with van der Waals surface area (Å²) < 4.78 is 3.28. The van der Waals surface area contributed by atoms with Crippen molar-refractivity contribution in [2.75, 3.05) is 0 Å². The minimum atomic E-state index is -0.284. The molecule has 0 amide bonds. The van der Waals surface area contributed by atoms with E-state index in [1.807, 2.05) is 37.3 Å². The third kappa shape index (κ3) is 1.86. The summed E-state index contributed by atoms with van der Waals surface area (Å²) in [5, 5.41) is 9.91. The molecule has 0 aliphatic carbocycles. The molecule has 0 spiro atoms. The van der Waals surface area contributed by atoms with Crippen LogP contribution in [0.4, 0.5) is 0 Å². The van der Waals surface area contributed by atoms with Crippen molar-refractivity contribution < 1.29 is 5.11 Å². The van der Waals surface area contributed by atoms with Gasteiger partial charge in [-0.3, -0.25) is 13.9 Å². The first kappa shape index (κ1) is 12.6. The second kappa shape index (κ2) is 4.78. The molecule has 4 nitrogen and oxygen atoms in total. The number of benzene rings is 1. The number of aromatic nitrogens is 2. The summed E-state index contributed by atoms with van der Waals surface area (Å²) in [6.07, 6.45) is 0. The van der Waals surface area contributed by atoms with Crippen molar-refractivity contribution in [1.82, 2.24) is 9.13 Å². The molecule has 94 valence electrons. The Bertz CT molecular complexity index is 687. The fourth-order valence-electron chi connectivity index (χ4n) is 1.85. The summed E-state index contributed by atoms with van der Waals surface area (Å²) in [6.45, 7) is 3.98. The minimum absolute atomic E-state index is 0.0559. The molecule has 1 heterocycles. The van der Waals surface area contributed by atoms with Gasteiger partial charge in [-0.15, -0.1) is 0 Å². The molecule has 0 aliphatic rings. The molecule has 2 aromatic rings. The summed E-state index contributed by atoms with van der Waals surface area (Å²) in [7, 11) is 0. The zero-order chi connectivity index (χ0) is 13.3. The van der Waals surface area contributed by atoms with Gasteiger partial charge in [-0.25, -0.2) is 0 Å². The number of hydrogen-bond donors (Lipinski definition) is 1. The van der Waals surface area contributed by atoms with Crippen LogP contribution < -0.4 is 5.56 Å². The van der Waals surface area contributed by atoms with E-state index in [4.69, 9.17) is 12.2 Å². The normalized spacial score (nSPS) is 10.6. The van der Waals surface area contributed by atoms with Crippen LogP contribution >= 0.6 is 12.2 Å². The van der Waals surface area contributed by atoms with E-state index in [1.165, 1.54) is 4.57 Å². The lowest BCUT2D eigenvalue weighted by molar-refractivity contribution is 0.401. The predicted octanol–water partition coefficient (Wildman–Crippen LogP) is 2.40. The molecular formula is C13H14N2O2S. The Balaban J connectivity index is 2.89. The SMILES string of the molecule is CCn1c(O)c(C)c(=O)n(-c2ccccc2)c1=S. The monoisotopic (exact) mass is 262 g/mol. The first-order chi connectivity index (χ1) is 8.57. The fraction of sp³-hybridized carbons (Fsp3) is 0.231. The molecule has 0 radical (unpaired) electrons. The van der Waals surface area contributed by atoms with Crippen molar-refractivity contribution in [2.24, 2.45) is 0 Å². The molecule has 0 atom stereocenters. The van der Waals surface area contributed by atoms with Crippen LogP contribution in [0.15, 0.2) is 35.1 Å². The lowest BCUT2D eigenvalue weighted by Gasteiger charge is -2.14. The topological polar surface area (TPSA) is 47.2 Å². The Hall–Kier alpha value is -1.88. The second-order valence-electron chi connectivity index (χ2n) is 3.95. The van der Waals surface area contributed by atoms with E-state index in [0.717, 1.165) is 0 Å². The molecule has 18 heavy (non-hydrogen) atoms. The Labute approximate surface area is 110 Å². The standard InChI is InChI=1S/C13H14N2O2S/c1-3-14-11(16)9(2)12(17)15(13(14)18)10-7-5-4-6-8-10/h4-8,16H,3H2,1-2H3. The zero-order valence-corrected chi connectivity index (χ0v) is 11.1. The molecule has 0 aliphatic heterocycles. The number of hydrogen-bond acceptors (Lipinski definition) is 3. The molecule has 1 aromatic heterocycles. The summed E-state index contributed by atoms with van der Waals surface area (Å²) in [6, 6.07) is 9.18. The van der Waals surface area contributed by atoms with Crippen molar-refractivity contribution in [1.29, 1.82) is 0 Å².